The van der Waals surface area contributed by atoms with Gasteiger partial charge in [0.25, 0.3) is 5.91 Å². The molecule has 6 nitrogen and oxygen atoms in total. The van der Waals surface area contributed by atoms with E-state index in [1.165, 1.54) is 17.0 Å². The quantitative estimate of drug-likeness (QED) is 0.893. The van der Waals surface area contributed by atoms with E-state index < -0.39 is 22.7 Å². The highest BCUT2D eigenvalue weighted by molar-refractivity contribution is 6.34. The molecule has 0 unspecified atom stereocenters. The molecule has 1 amide bonds. The third-order valence-corrected chi connectivity index (χ3v) is 4.21. The van der Waals surface area contributed by atoms with Gasteiger partial charge in [-0.1, -0.05) is 17.7 Å². The molecule has 0 atom stereocenters. The van der Waals surface area contributed by atoms with Crippen molar-refractivity contribution in [2.45, 2.75) is 19.3 Å². The number of carbonyl (C=O) groups is 1. The second-order valence-corrected chi connectivity index (χ2v) is 5.61. The minimum atomic E-state index is -4.61. The van der Waals surface area contributed by atoms with Gasteiger partial charge in [0, 0.05) is 21.6 Å². The maximum atomic E-state index is 12.9. The van der Waals surface area contributed by atoms with Crippen molar-refractivity contribution < 1.29 is 19.4 Å². The number of rotatable bonds is 2. The summed E-state index contributed by atoms with van der Waals surface area (Å²) in [5.41, 5.74) is -1.19. The Morgan fingerprint density at radius 3 is 2.75 bits per heavy atom. The van der Waals surface area contributed by atoms with Crippen LogP contribution in [0.5, 0.6) is 0 Å². The van der Waals surface area contributed by atoms with E-state index in [1.54, 1.807) is 7.05 Å². The van der Waals surface area contributed by atoms with Gasteiger partial charge < -0.3 is 10.2 Å². The first kappa shape index (κ1) is 16.6. The molecule has 0 bridgehead atoms. The SMILES string of the molecule is CNc1nnc2n1CCN(C(=O)c1cccc(C(F)(F)F)c1Cl)C2.[HH]. The number of halogens is 4. The van der Waals surface area contributed by atoms with Gasteiger partial charge in [0.1, 0.15) is 0 Å². The van der Waals surface area contributed by atoms with Crippen molar-refractivity contribution in [3.63, 3.8) is 0 Å². The van der Waals surface area contributed by atoms with E-state index in [9.17, 15) is 18.0 Å². The molecule has 1 aliphatic rings. The van der Waals surface area contributed by atoms with Crippen LogP contribution in [0.4, 0.5) is 19.1 Å². The van der Waals surface area contributed by atoms with E-state index in [0.717, 1.165) is 6.07 Å². The summed E-state index contributed by atoms with van der Waals surface area (Å²) in [6, 6.07) is 3.32. The molecular weight excluding hydrogens is 347 g/mol. The van der Waals surface area contributed by atoms with Gasteiger partial charge in [0.15, 0.2) is 5.82 Å². The molecule has 0 aliphatic carbocycles. The number of anilines is 1. The van der Waals surface area contributed by atoms with Gasteiger partial charge in [-0.25, -0.2) is 0 Å². The minimum Gasteiger partial charge on any atom is -0.357 e. The molecule has 0 saturated carbocycles. The van der Waals surface area contributed by atoms with Crippen molar-refractivity contribution in [2.24, 2.45) is 0 Å². The Labute approximate surface area is 141 Å². The predicted octanol–water partition coefficient (Wildman–Crippen LogP) is 2.89. The van der Waals surface area contributed by atoms with Crippen molar-refractivity contribution in [3.05, 3.63) is 40.2 Å². The molecule has 2 heterocycles. The summed E-state index contributed by atoms with van der Waals surface area (Å²) in [7, 11) is 1.71. The molecule has 1 N–H and O–H groups in total. The molecule has 10 heteroatoms. The summed E-state index contributed by atoms with van der Waals surface area (Å²) in [6.07, 6.45) is -4.61. The number of fused-ring (bicyclic) bond motifs is 1. The van der Waals surface area contributed by atoms with Crippen molar-refractivity contribution >= 4 is 23.5 Å². The van der Waals surface area contributed by atoms with Crippen LogP contribution in [0.15, 0.2) is 18.2 Å². The average Bonchev–Trinajstić information content (AvgIpc) is 2.95. The van der Waals surface area contributed by atoms with Crippen molar-refractivity contribution in [2.75, 3.05) is 18.9 Å². The number of alkyl halides is 3. The molecule has 130 valence electrons. The van der Waals surface area contributed by atoms with Crippen LogP contribution in [0.25, 0.3) is 0 Å². The molecule has 1 aromatic heterocycles. The fourth-order valence-electron chi connectivity index (χ4n) is 2.60. The van der Waals surface area contributed by atoms with E-state index in [4.69, 9.17) is 11.6 Å². The molecule has 0 radical (unpaired) electrons. The van der Waals surface area contributed by atoms with E-state index in [1.807, 2.05) is 4.57 Å². The molecule has 1 aliphatic heterocycles. The number of amides is 1. The van der Waals surface area contributed by atoms with E-state index in [2.05, 4.69) is 15.5 Å². The van der Waals surface area contributed by atoms with E-state index >= 15 is 0 Å². The fraction of sp³-hybridized carbons (Fsp3) is 0.357. The Bertz CT molecular complexity index is 795. The van der Waals surface area contributed by atoms with Gasteiger partial charge in [-0.2, -0.15) is 13.2 Å². The molecular formula is C14H15ClF3N5O. The van der Waals surface area contributed by atoms with Crippen molar-refractivity contribution in [1.29, 1.82) is 0 Å². The van der Waals surface area contributed by atoms with Crippen LogP contribution in [0, 0.1) is 0 Å². The molecule has 0 fully saturated rings. The smallest absolute Gasteiger partial charge is 0.357 e. The summed E-state index contributed by atoms with van der Waals surface area (Å²) in [5.74, 6) is 0.572. The Morgan fingerprint density at radius 2 is 2.08 bits per heavy atom. The number of hydrogen-bond donors (Lipinski definition) is 1. The van der Waals surface area contributed by atoms with Gasteiger partial charge in [-0.05, 0) is 12.1 Å². The summed E-state index contributed by atoms with van der Waals surface area (Å²) in [6.45, 7) is 0.923. The van der Waals surface area contributed by atoms with Gasteiger partial charge in [-0.15, -0.1) is 10.2 Å². The summed E-state index contributed by atoms with van der Waals surface area (Å²) in [5, 5.41) is 10.2. The lowest BCUT2D eigenvalue weighted by molar-refractivity contribution is -0.137. The monoisotopic (exact) mass is 361 g/mol. The number of benzene rings is 1. The third kappa shape index (κ3) is 2.79. The zero-order valence-corrected chi connectivity index (χ0v) is 13.3. The van der Waals surface area contributed by atoms with Crippen LogP contribution in [0.3, 0.4) is 0 Å². The van der Waals surface area contributed by atoms with Gasteiger partial charge >= 0.3 is 6.18 Å². The Hall–Kier alpha value is -2.29. The maximum absolute atomic E-state index is 12.9. The predicted molar refractivity (Wildman–Crippen MR) is 82.9 cm³/mol. The Morgan fingerprint density at radius 1 is 1.33 bits per heavy atom. The second kappa shape index (κ2) is 5.97. The number of nitrogens with zero attached hydrogens (tertiary/aromatic N) is 4. The van der Waals surface area contributed by atoms with Crippen molar-refractivity contribution in [1.82, 2.24) is 19.7 Å². The molecule has 0 spiro atoms. The summed E-state index contributed by atoms with van der Waals surface area (Å²) in [4.78, 5) is 14.0. The van der Waals surface area contributed by atoms with Crippen LogP contribution < -0.4 is 5.32 Å². The van der Waals surface area contributed by atoms with E-state index in [-0.39, 0.29) is 13.5 Å². The van der Waals surface area contributed by atoms with Gasteiger partial charge in [0.05, 0.1) is 22.7 Å². The van der Waals surface area contributed by atoms with Crippen LogP contribution in [0.1, 0.15) is 23.2 Å². The zero-order chi connectivity index (χ0) is 17.5. The Kier molecular flexibility index (Phi) is 4.12. The van der Waals surface area contributed by atoms with Crippen LogP contribution >= 0.6 is 11.6 Å². The standard InChI is InChI=1S/C14H13ClF3N5O.H2/c1-19-13-21-20-10-7-22(5-6-23(10)13)12(24)8-3-2-4-9(11(8)15)14(16,17)18;/h2-4H,5-7H2,1H3,(H,19,21);1H. The number of hydrogen-bond acceptors (Lipinski definition) is 4. The summed E-state index contributed by atoms with van der Waals surface area (Å²) >= 11 is 5.82. The highest BCUT2D eigenvalue weighted by Gasteiger charge is 2.35. The van der Waals surface area contributed by atoms with Crippen LogP contribution in [-0.4, -0.2) is 39.2 Å². The second-order valence-electron chi connectivity index (χ2n) is 5.23. The first-order valence-corrected chi connectivity index (χ1v) is 7.45. The molecule has 24 heavy (non-hydrogen) atoms. The number of aromatic nitrogens is 3. The fourth-order valence-corrected chi connectivity index (χ4v) is 2.92. The van der Waals surface area contributed by atoms with E-state index in [0.29, 0.717) is 24.9 Å². The minimum absolute atomic E-state index is 0. The normalized spacial score (nSPS) is 14.5. The molecule has 0 saturated heterocycles. The van der Waals surface area contributed by atoms with Gasteiger partial charge in [-0.3, -0.25) is 9.36 Å². The maximum Gasteiger partial charge on any atom is 0.417 e. The van der Waals surface area contributed by atoms with Crippen LogP contribution in [0.2, 0.25) is 5.02 Å². The number of carbonyl (C=O) groups excluding carboxylic acids is 1. The first-order chi connectivity index (χ1) is 11.3. The van der Waals surface area contributed by atoms with Crippen LogP contribution in [-0.2, 0) is 19.3 Å². The lowest BCUT2D eigenvalue weighted by Gasteiger charge is -2.28. The first-order valence-electron chi connectivity index (χ1n) is 7.07. The average molecular weight is 362 g/mol. The lowest BCUT2D eigenvalue weighted by atomic mass is 10.1. The highest BCUT2D eigenvalue weighted by Crippen LogP contribution is 2.36. The number of nitrogens with one attached hydrogen (secondary N) is 1. The molecule has 1 aromatic carbocycles. The summed E-state index contributed by atoms with van der Waals surface area (Å²) < 4.78 is 40.6. The van der Waals surface area contributed by atoms with Crippen molar-refractivity contribution in [3.8, 4) is 0 Å². The van der Waals surface area contributed by atoms with Gasteiger partial charge in [0.2, 0.25) is 5.95 Å². The highest BCUT2D eigenvalue weighted by atomic mass is 35.5. The lowest BCUT2D eigenvalue weighted by Crippen LogP contribution is -2.38. The zero-order valence-electron chi connectivity index (χ0n) is 12.6. The molecule has 2 aromatic rings. The topological polar surface area (TPSA) is 63.1 Å². The molecule has 3 rings (SSSR count). The Balaban J connectivity index is 0.00000225. The largest absolute Gasteiger partial charge is 0.417 e. The third-order valence-electron chi connectivity index (χ3n) is 3.80.